The van der Waals surface area contributed by atoms with E-state index in [0.29, 0.717) is 0 Å². The Morgan fingerprint density at radius 2 is 2.21 bits per heavy atom. The number of hydrogen-bond donors (Lipinski definition) is 1. The van der Waals surface area contributed by atoms with Gasteiger partial charge >= 0.3 is 0 Å². The summed E-state index contributed by atoms with van der Waals surface area (Å²) < 4.78 is 10.0. The van der Waals surface area contributed by atoms with Gasteiger partial charge in [-0.1, -0.05) is 0 Å². The summed E-state index contributed by atoms with van der Waals surface area (Å²) in [6, 6.07) is 0. The third-order valence-corrected chi connectivity index (χ3v) is 5.46. The number of rotatable bonds is 3. The van der Waals surface area contributed by atoms with Gasteiger partial charge in [-0.25, -0.2) is 4.98 Å². The number of anilines is 1. The van der Waals surface area contributed by atoms with Gasteiger partial charge in [0.1, 0.15) is 5.82 Å². The minimum Gasteiger partial charge on any atom is -0.392 e. The summed E-state index contributed by atoms with van der Waals surface area (Å²) in [5.74, 6) is 0.844. The van der Waals surface area contributed by atoms with Crippen molar-refractivity contribution in [1.82, 2.24) is 9.36 Å². The Morgan fingerprint density at radius 1 is 1.47 bits per heavy atom. The van der Waals surface area contributed by atoms with E-state index in [0.717, 1.165) is 49.9 Å². The van der Waals surface area contributed by atoms with Crippen LogP contribution in [0.3, 0.4) is 0 Å². The van der Waals surface area contributed by atoms with Crippen LogP contribution in [0.25, 0.3) is 0 Å². The first-order valence-corrected chi connectivity index (χ1v) is 7.78. The van der Waals surface area contributed by atoms with Crippen LogP contribution in [0.15, 0.2) is 0 Å². The number of aliphatic hydroxyl groups is 1. The van der Waals surface area contributed by atoms with E-state index in [2.05, 4.69) is 14.3 Å². The molecular formula is C13H21N3O2S. The summed E-state index contributed by atoms with van der Waals surface area (Å²) in [6.07, 6.45) is 2.81. The lowest BCUT2D eigenvalue weighted by molar-refractivity contribution is -0.199. The predicted molar refractivity (Wildman–Crippen MR) is 74.6 cm³/mol. The number of aliphatic hydroxyl groups excluding tert-OH is 1. The molecule has 1 aliphatic heterocycles. The Bertz CT molecular complexity index is 441. The van der Waals surface area contributed by atoms with Crippen molar-refractivity contribution >= 4 is 16.7 Å². The molecule has 6 heteroatoms. The molecule has 2 aliphatic rings. The second kappa shape index (κ2) is 5.00. The third-order valence-electron chi connectivity index (χ3n) is 4.59. The molecule has 1 saturated carbocycles. The highest BCUT2D eigenvalue weighted by atomic mass is 32.1. The second-order valence-electron chi connectivity index (χ2n) is 5.54. The fraction of sp³-hybridized carbons (Fsp3) is 0.846. The van der Waals surface area contributed by atoms with E-state index in [1.54, 1.807) is 0 Å². The number of nitrogens with zero attached hydrogens (tertiary/aromatic N) is 3. The third kappa shape index (κ3) is 2.15. The van der Waals surface area contributed by atoms with Crippen molar-refractivity contribution in [3.05, 3.63) is 5.82 Å². The average Bonchev–Trinajstić information content (AvgIpc) is 2.85. The summed E-state index contributed by atoms with van der Waals surface area (Å²) in [5, 5.41) is 11.2. The second-order valence-corrected chi connectivity index (χ2v) is 6.27. The summed E-state index contributed by atoms with van der Waals surface area (Å²) in [4.78, 5) is 6.72. The van der Waals surface area contributed by atoms with Crippen LogP contribution in [0.4, 0.5) is 5.13 Å². The molecule has 1 aliphatic carbocycles. The molecule has 2 atom stereocenters. The van der Waals surface area contributed by atoms with Crippen LogP contribution >= 0.6 is 11.5 Å². The van der Waals surface area contributed by atoms with Crippen molar-refractivity contribution < 1.29 is 9.84 Å². The predicted octanol–water partition coefficient (Wildman–Crippen LogP) is 1.60. The van der Waals surface area contributed by atoms with E-state index < -0.39 is 0 Å². The fourth-order valence-corrected chi connectivity index (χ4v) is 4.07. The summed E-state index contributed by atoms with van der Waals surface area (Å²) in [5.41, 5.74) is -0.00770. The normalized spacial score (nSPS) is 29.5. The highest BCUT2D eigenvalue weighted by molar-refractivity contribution is 7.09. The molecule has 19 heavy (non-hydrogen) atoms. The lowest BCUT2D eigenvalue weighted by Gasteiger charge is -2.56. The molecule has 1 aromatic rings. The minimum absolute atomic E-state index is 0.00770. The number of piperidine rings is 1. The Balaban J connectivity index is 1.65. The summed E-state index contributed by atoms with van der Waals surface area (Å²) in [7, 11) is 0. The molecule has 3 rings (SSSR count). The number of aromatic nitrogens is 2. The van der Waals surface area contributed by atoms with Crippen LogP contribution in [0.1, 0.15) is 32.0 Å². The van der Waals surface area contributed by atoms with E-state index in [-0.39, 0.29) is 17.6 Å². The minimum atomic E-state index is -0.192. The molecule has 1 spiro atoms. The van der Waals surface area contributed by atoms with E-state index in [9.17, 15) is 5.11 Å². The zero-order chi connectivity index (χ0) is 13.5. The van der Waals surface area contributed by atoms with E-state index in [4.69, 9.17) is 4.74 Å². The Labute approximate surface area is 117 Å². The molecule has 2 fully saturated rings. The van der Waals surface area contributed by atoms with E-state index in [1.165, 1.54) is 11.5 Å². The van der Waals surface area contributed by atoms with Gasteiger partial charge in [-0.3, -0.25) is 0 Å². The smallest absolute Gasteiger partial charge is 0.205 e. The number of ether oxygens (including phenoxy) is 1. The maximum Gasteiger partial charge on any atom is 0.205 e. The van der Waals surface area contributed by atoms with Gasteiger partial charge in [-0.15, -0.1) is 0 Å². The summed E-state index contributed by atoms with van der Waals surface area (Å²) >= 11 is 1.46. The maximum absolute atomic E-state index is 10.2. The van der Waals surface area contributed by atoms with Crippen LogP contribution in [-0.2, 0) is 4.74 Å². The first-order chi connectivity index (χ1) is 9.15. The molecule has 1 N–H and O–H groups in total. The van der Waals surface area contributed by atoms with Crippen molar-refractivity contribution in [2.24, 2.45) is 5.41 Å². The largest absolute Gasteiger partial charge is 0.392 e. The lowest BCUT2D eigenvalue weighted by atomic mass is 9.58. The molecule has 106 valence electrons. The molecule has 0 amide bonds. The molecule has 1 aromatic heterocycles. The molecule has 2 heterocycles. The van der Waals surface area contributed by atoms with Gasteiger partial charge in [-0.05, 0) is 26.7 Å². The molecule has 2 unspecified atom stereocenters. The van der Waals surface area contributed by atoms with Gasteiger partial charge in [-0.2, -0.15) is 4.37 Å². The topological polar surface area (TPSA) is 58.5 Å². The standard InChI is InChI=1S/C13H21N3O2S/c1-3-18-11-8-10(17)13(11)4-6-16(7-5-13)12-14-9(2)15-19-12/h10-11,17H,3-8H2,1-2H3. The first-order valence-electron chi connectivity index (χ1n) is 7.00. The van der Waals surface area contributed by atoms with Crippen LogP contribution in [0.2, 0.25) is 0 Å². The summed E-state index contributed by atoms with van der Waals surface area (Å²) in [6.45, 7) is 6.56. The zero-order valence-electron chi connectivity index (χ0n) is 11.5. The fourth-order valence-electron chi connectivity index (χ4n) is 3.35. The maximum atomic E-state index is 10.2. The molecule has 0 bridgehead atoms. The monoisotopic (exact) mass is 283 g/mol. The quantitative estimate of drug-likeness (QED) is 0.913. The molecule has 0 radical (unpaired) electrons. The van der Waals surface area contributed by atoms with E-state index in [1.807, 2.05) is 13.8 Å². The van der Waals surface area contributed by atoms with Crippen molar-refractivity contribution in [2.45, 2.75) is 45.3 Å². The zero-order valence-corrected chi connectivity index (χ0v) is 12.3. The Hall–Kier alpha value is -0.720. The molecule has 0 aromatic carbocycles. The highest BCUT2D eigenvalue weighted by Gasteiger charge is 2.56. The van der Waals surface area contributed by atoms with E-state index >= 15 is 0 Å². The van der Waals surface area contributed by atoms with Gasteiger partial charge in [0.05, 0.1) is 12.2 Å². The van der Waals surface area contributed by atoms with Crippen molar-refractivity contribution in [3.8, 4) is 0 Å². The number of hydrogen-bond acceptors (Lipinski definition) is 6. The lowest BCUT2D eigenvalue weighted by Crippen LogP contribution is -2.62. The Kier molecular flexibility index (Phi) is 3.49. The van der Waals surface area contributed by atoms with Crippen molar-refractivity contribution in [1.29, 1.82) is 0 Å². The van der Waals surface area contributed by atoms with Crippen LogP contribution < -0.4 is 4.90 Å². The van der Waals surface area contributed by atoms with Crippen LogP contribution in [0.5, 0.6) is 0 Å². The molecular weight excluding hydrogens is 262 g/mol. The average molecular weight is 283 g/mol. The van der Waals surface area contributed by atoms with Gasteiger partial charge in [0, 0.05) is 43.1 Å². The van der Waals surface area contributed by atoms with Crippen molar-refractivity contribution in [2.75, 3.05) is 24.6 Å². The first kappa shape index (κ1) is 13.3. The SMILES string of the molecule is CCOC1CC(O)C12CCN(c1nc(C)ns1)CC2. The van der Waals surface area contributed by atoms with Crippen LogP contribution in [0, 0.1) is 12.3 Å². The Morgan fingerprint density at radius 3 is 2.74 bits per heavy atom. The van der Waals surface area contributed by atoms with Crippen LogP contribution in [-0.4, -0.2) is 46.4 Å². The van der Waals surface area contributed by atoms with Gasteiger partial charge < -0.3 is 14.7 Å². The molecule has 5 nitrogen and oxygen atoms in total. The highest BCUT2D eigenvalue weighted by Crippen LogP contribution is 2.51. The van der Waals surface area contributed by atoms with Gasteiger partial charge in [0.15, 0.2) is 0 Å². The van der Waals surface area contributed by atoms with Crippen molar-refractivity contribution in [3.63, 3.8) is 0 Å². The van der Waals surface area contributed by atoms with Gasteiger partial charge in [0.25, 0.3) is 0 Å². The molecule has 1 saturated heterocycles. The van der Waals surface area contributed by atoms with Gasteiger partial charge in [0.2, 0.25) is 5.13 Å². The number of aryl methyl sites for hydroxylation is 1.